The fourth-order valence-corrected chi connectivity index (χ4v) is 3.03. The lowest BCUT2D eigenvalue weighted by Gasteiger charge is -2.20. The molecule has 110 valence electrons. The number of rotatable bonds is 6. The minimum atomic E-state index is -0.991. The molecule has 0 fully saturated rings. The lowest BCUT2D eigenvalue weighted by atomic mass is 10.1. The zero-order chi connectivity index (χ0) is 15.2. The van der Waals surface area contributed by atoms with Gasteiger partial charge in [-0.05, 0) is 23.4 Å². The highest BCUT2D eigenvalue weighted by molar-refractivity contribution is 7.12. The molecule has 0 saturated heterocycles. The van der Waals surface area contributed by atoms with Gasteiger partial charge in [0.05, 0.1) is 4.88 Å². The zero-order valence-corrected chi connectivity index (χ0v) is 12.6. The van der Waals surface area contributed by atoms with Gasteiger partial charge >= 0.3 is 5.97 Å². The van der Waals surface area contributed by atoms with Crippen LogP contribution in [-0.4, -0.2) is 35.0 Å². The van der Waals surface area contributed by atoms with Gasteiger partial charge in [-0.1, -0.05) is 37.3 Å². The first kappa shape index (κ1) is 15.3. The summed E-state index contributed by atoms with van der Waals surface area (Å²) in [6, 6.07) is 11.5. The molecule has 2 rings (SSSR count). The highest BCUT2D eigenvalue weighted by atomic mass is 32.1. The first-order valence-corrected chi connectivity index (χ1v) is 7.65. The number of carboxylic acid groups (broad SMARTS) is 1. The van der Waals surface area contributed by atoms with Crippen molar-refractivity contribution in [3.8, 4) is 11.1 Å². The smallest absolute Gasteiger partial charge is 0.323 e. The molecular weight excluding hydrogens is 286 g/mol. The summed E-state index contributed by atoms with van der Waals surface area (Å²) < 4.78 is 0. The first-order valence-electron chi connectivity index (χ1n) is 6.77. The topological polar surface area (TPSA) is 57.6 Å². The Bertz CT molecular complexity index is 621. The predicted molar refractivity (Wildman–Crippen MR) is 83.6 cm³/mol. The summed E-state index contributed by atoms with van der Waals surface area (Å²) in [6.07, 6.45) is 0.727. The summed E-state index contributed by atoms with van der Waals surface area (Å²) in [6.45, 7) is 2.10. The summed E-state index contributed by atoms with van der Waals surface area (Å²) in [5.41, 5.74) is 1.82. The van der Waals surface area contributed by atoms with Gasteiger partial charge in [-0.25, -0.2) is 0 Å². The molecule has 5 heteroatoms. The Morgan fingerprint density at radius 1 is 1.19 bits per heavy atom. The Morgan fingerprint density at radius 2 is 1.90 bits per heavy atom. The van der Waals surface area contributed by atoms with Crippen LogP contribution >= 0.6 is 11.3 Å². The van der Waals surface area contributed by atoms with Crippen LogP contribution in [0.2, 0.25) is 0 Å². The zero-order valence-electron chi connectivity index (χ0n) is 11.8. The highest BCUT2D eigenvalue weighted by Crippen LogP contribution is 2.29. The van der Waals surface area contributed by atoms with Gasteiger partial charge in [0.25, 0.3) is 5.91 Å². The standard InChI is InChI=1S/C16H17NO3S/c1-2-9-17(11-14(18)19)16(20)15-13(8-10-21-15)12-6-4-3-5-7-12/h3-8,10H,2,9,11H2,1H3,(H,18,19). The molecule has 0 atom stereocenters. The maximum atomic E-state index is 12.6. The van der Waals surface area contributed by atoms with E-state index in [0.29, 0.717) is 11.4 Å². The lowest BCUT2D eigenvalue weighted by Crippen LogP contribution is -2.36. The molecule has 0 saturated carbocycles. The second kappa shape index (κ2) is 7.04. The maximum absolute atomic E-state index is 12.6. The number of carboxylic acids is 1. The Labute approximate surface area is 127 Å². The average Bonchev–Trinajstić information content (AvgIpc) is 2.96. The van der Waals surface area contributed by atoms with E-state index in [2.05, 4.69) is 0 Å². The van der Waals surface area contributed by atoms with E-state index >= 15 is 0 Å². The molecule has 21 heavy (non-hydrogen) atoms. The predicted octanol–water partition coefficient (Wildman–Crippen LogP) is 3.35. The van der Waals surface area contributed by atoms with Gasteiger partial charge in [-0.15, -0.1) is 11.3 Å². The van der Waals surface area contributed by atoms with Crippen LogP contribution in [0.5, 0.6) is 0 Å². The molecule has 1 N–H and O–H groups in total. The Balaban J connectivity index is 2.31. The maximum Gasteiger partial charge on any atom is 0.323 e. The average molecular weight is 303 g/mol. The third-order valence-corrected chi connectivity index (χ3v) is 3.95. The van der Waals surface area contributed by atoms with Crippen LogP contribution in [0.4, 0.5) is 0 Å². The summed E-state index contributed by atoms with van der Waals surface area (Å²) in [7, 11) is 0. The number of carbonyl (C=O) groups excluding carboxylic acids is 1. The van der Waals surface area contributed by atoms with E-state index in [9.17, 15) is 9.59 Å². The normalized spacial score (nSPS) is 10.3. The summed E-state index contributed by atoms with van der Waals surface area (Å²) in [5.74, 6) is -1.21. The van der Waals surface area contributed by atoms with Crippen LogP contribution in [0.15, 0.2) is 41.8 Å². The second-order valence-corrected chi connectivity index (χ2v) is 5.57. The highest BCUT2D eigenvalue weighted by Gasteiger charge is 2.22. The number of amides is 1. The summed E-state index contributed by atoms with van der Waals surface area (Å²) in [4.78, 5) is 25.5. The van der Waals surface area contributed by atoms with Crippen molar-refractivity contribution >= 4 is 23.2 Å². The molecule has 0 aliphatic rings. The van der Waals surface area contributed by atoms with Crippen LogP contribution in [0, 0.1) is 0 Å². The van der Waals surface area contributed by atoms with Crippen LogP contribution < -0.4 is 0 Å². The number of aliphatic carboxylic acids is 1. The van der Waals surface area contributed by atoms with E-state index in [1.807, 2.05) is 48.7 Å². The molecule has 1 amide bonds. The molecule has 4 nitrogen and oxygen atoms in total. The minimum absolute atomic E-state index is 0.215. The van der Waals surface area contributed by atoms with E-state index in [4.69, 9.17) is 5.11 Å². The fourth-order valence-electron chi connectivity index (χ4n) is 2.15. The van der Waals surface area contributed by atoms with Crippen molar-refractivity contribution in [2.24, 2.45) is 0 Å². The molecular formula is C16H17NO3S. The molecule has 0 unspecified atom stereocenters. The van der Waals surface area contributed by atoms with E-state index in [-0.39, 0.29) is 12.5 Å². The van der Waals surface area contributed by atoms with E-state index < -0.39 is 5.97 Å². The Hall–Kier alpha value is -2.14. The lowest BCUT2D eigenvalue weighted by molar-refractivity contribution is -0.137. The third-order valence-electron chi connectivity index (χ3n) is 3.05. The minimum Gasteiger partial charge on any atom is -0.480 e. The van der Waals surface area contributed by atoms with E-state index in [0.717, 1.165) is 17.5 Å². The van der Waals surface area contributed by atoms with Crippen molar-refractivity contribution in [2.45, 2.75) is 13.3 Å². The molecule has 1 aromatic carbocycles. The molecule has 1 heterocycles. The van der Waals surface area contributed by atoms with Gasteiger partial charge in [0, 0.05) is 12.1 Å². The molecule has 0 bridgehead atoms. The molecule has 1 aromatic heterocycles. The Morgan fingerprint density at radius 3 is 2.52 bits per heavy atom. The van der Waals surface area contributed by atoms with Crippen LogP contribution in [0.1, 0.15) is 23.0 Å². The number of benzene rings is 1. The van der Waals surface area contributed by atoms with Crippen molar-refractivity contribution in [1.29, 1.82) is 0 Å². The van der Waals surface area contributed by atoms with Gasteiger partial charge in [0.15, 0.2) is 0 Å². The van der Waals surface area contributed by atoms with Crippen LogP contribution in [-0.2, 0) is 4.79 Å². The van der Waals surface area contributed by atoms with Crippen molar-refractivity contribution < 1.29 is 14.7 Å². The summed E-state index contributed by atoms with van der Waals surface area (Å²) in [5, 5.41) is 10.8. The third kappa shape index (κ3) is 3.70. The first-order chi connectivity index (χ1) is 10.1. The van der Waals surface area contributed by atoms with Crippen molar-refractivity contribution in [3.63, 3.8) is 0 Å². The van der Waals surface area contributed by atoms with Gasteiger partial charge in [-0.3, -0.25) is 9.59 Å². The number of hydrogen-bond acceptors (Lipinski definition) is 3. The Kier molecular flexibility index (Phi) is 5.11. The quantitative estimate of drug-likeness (QED) is 0.890. The largest absolute Gasteiger partial charge is 0.480 e. The molecule has 0 spiro atoms. The second-order valence-electron chi connectivity index (χ2n) is 4.65. The number of nitrogens with zero attached hydrogens (tertiary/aromatic N) is 1. The van der Waals surface area contributed by atoms with Crippen molar-refractivity contribution in [2.75, 3.05) is 13.1 Å². The fraction of sp³-hybridized carbons (Fsp3) is 0.250. The van der Waals surface area contributed by atoms with Gasteiger partial charge in [-0.2, -0.15) is 0 Å². The summed E-state index contributed by atoms with van der Waals surface area (Å²) >= 11 is 1.35. The number of hydrogen-bond donors (Lipinski definition) is 1. The molecule has 0 aliphatic carbocycles. The monoisotopic (exact) mass is 303 g/mol. The van der Waals surface area contributed by atoms with E-state index in [1.165, 1.54) is 16.2 Å². The van der Waals surface area contributed by atoms with Gasteiger partial charge in [0.2, 0.25) is 0 Å². The van der Waals surface area contributed by atoms with Gasteiger partial charge in [0.1, 0.15) is 6.54 Å². The number of thiophene rings is 1. The molecule has 0 aliphatic heterocycles. The van der Waals surface area contributed by atoms with E-state index in [1.54, 1.807) is 0 Å². The van der Waals surface area contributed by atoms with Crippen LogP contribution in [0.3, 0.4) is 0 Å². The molecule has 2 aromatic rings. The van der Waals surface area contributed by atoms with Gasteiger partial charge < -0.3 is 10.0 Å². The van der Waals surface area contributed by atoms with Crippen LogP contribution in [0.25, 0.3) is 11.1 Å². The molecule has 0 radical (unpaired) electrons. The number of carbonyl (C=O) groups is 2. The van der Waals surface area contributed by atoms with Crippen molar-refractivity contribution in [3.05, 3.63) is 46.7 Å². The van der Waals surface area contributed by atoms with Crippen molar-refractivity contribution in [1.82, 2.24) is 4.90 Å². The SMILES string of the molecule is CCCN(CC(=O)O)C(=O)c1sccc1-c1ccccc1.